The normalized spacial score (nSPS) is 15.0. The molecule has 2 aromatic rings. The van der Waals surface area contributed by atoms with Crippen molar-refractivity contribution >= 4 is 24.1 Å². The fraction of sp³-hybridized carbons (Fsp3) is 0.308. The summed E-state index contributed by atoms with van der Waals surface area (Å²) in [5, 5.41) is 9.26. The fourth-order valence-corrected chi connectivity index (χ4v) is 3.61. The Kier molecular flexibility index (Phi) is 9.48. The summed E-state index contributed by atoms with van der Waals surface area (Å²) in [7, 11) is 1.45. The lowest BCUT2D eigenvalue weighted by atomic mass is 9.95. The summed E-state index contributed by atoms with van der Waals surface area (Å²) >= 11 is 0. The predicted octanol–water partition coefficient (Wildman–Crippen LogP) is 2.81. The van der Waals surface area contributed by atoms with Crippen molar-refractivity contribution in [1.29, 1.82) is 0 Å². The molecule has 0 aromatic heterocycles. The van der Waals surface area contributed by atoms with Crippen LogP contribution in [0.4, 0.5) is 4.79 Å². The van der Waals surface area contributed by atoms with E-state index < -0.39 is 23.9 Å². The molecule has 0 spiro atoms. The van der Waals surface area contributed by atoms with Crippen LogP contribution in [0.3, 0.4) is 0 Å². The van der Waals surface area contributed by atoms with Crippen molar-refractivity contribution in [3.63, 3.8) is 0 Å². The number of hydrogen-bond acceptors (Lipinski definition) is 8. The first kappa shape index (κ1) is 27.1. The van der Waals surface area contributed by atoms with Gasteiger partial charge in [0.1, 0.15) is 5.75 Å². The highest BCUT2D eigenvalue weighted by Crippen LogP contribution is 2.34. The molecule has 1 aliphatic heterocycles. The van der Waals surface area contributed by atoms with Crippen molar-refractivity contribution in [3.8, 4) is 17.2 Å². The largest absolute Gasteiger partial charge is 0.494 e. The molecule has 0 fully saturated rings. The first-order valence-corrected chi connectivity index (χ1v) is 11.7. The maximum absolute atomic E-state index is 12.5. The zero-order valence-corrected chi connectivity index (χ0v) is 21.1. The van der Waals surface area contributed by atoms with Gasteiger partial charge in [-0.25, -0.2) is 15.0 Å². The van der Waals surface area contributed by atoms with Gasteiger partial charge in [0.05, 0.1) is 38.2 Å². The molecule has 0 saturated heterocycles. The van der Waals surface area contributed by atoms with Crippen LogP contribution in [0.15, 0.2) is 58.8 Å². The quantitative estimate of drug-likeness (QED) is 0.240. The maximum Gasteiger partial charge on any atom is 0.338 e. The van der Waals surface area contributed by atoms with Crippen LogP contribution < -0.4 is 30.3 Å². The van der Waals surface area contributed by atoms with Crippen LogP contribution in [0.25, 0.3) is 0 Å². The fourth-order valence-electron chi connectivity index (χ4n) is 3.61. The highest BCUT2D eigenvalue weighted by molar-refractivity contribution is 5.95. The highest BCUT2D eigenvalue weighted by atomic mass is 16.5. The zero-order chi connectivity index (χ0) is 26.8. The molecule has 2 aromatic carbocycles. The molecule has 0 aliphatic carbocycles. The Morgan fingerprint density at radius 2 is 1.89 bits per heavy atom. The van der Waals surface area contributed by atoms with Gasteiger partial charge in [-0.15, -0.1) is 0 Å². The van der Waals surface area contributed by atoms with Gasteiger partial charge in [0.2, 0.25) is 0 Å². The lowest BCUT2D eigenvalue weighted by Crippen LogP contribution is -2.45. The summed E-state index contributed by atoms with van der Waals surface area (Å²) in [6, 6.07) is 11.0. The number of urea groups is 1. The first-order chi connectivity index (χ1) is 17.9. The number of allylic oxidation sites excluding steroid dienone is 1. The van der Waals surface area contributed by atoms with Crippen molar-refractivity contribution in [2.45, 2.75) is 26.8 Å². The van der Waals surface area contributed by atoms with Crippen molar-refractivity contribution in [2.24, 2.45) is 5.10 Å². The van der Waals surface area contributed by atoms with E-state index in [4.69, 9.17) is 18.9 Å². The Balaban J connectivity index is 1.66. The molecule has 3 amide bonds. The monoisotopic (exact) mass is 510 g/mol. The van der Waals surface area contributed by atoms with Gasteiger partial charge in [-0.05, 0) is 56.2 Å². The molecule has 0 radical (unpaired) electrons. The molecular formula is C26H30N4O7. The highest BCUT2D eigenvalue weighted by Gasteiger charge is 2.32. The van der Waals surface area contributed by atoms with Gasteiger partial charge in [0.15, 0.2) is 18.1 Å². The van der Waals surface area contributed by atoms with E-state index in [1.165, 1.54) is 13.3 Å². The smallest absolute Gasteiger partial charge is 0.338 e. The Bertz CT molecular complexity index is 1210. The van der Waals surface area contributed by atoms with Crippen LogP contribution in [-0.2, 0) is 14.3 Å². The third kappa shape index (κ3) is 7.23. The number of hydrogen-bond donors (Lipinski definition) is 3. The second-order valence-corrected chi connectivity index (χ2v) is 7.79. The maximum atomic E-state index is 12.5. The number of nitrogens with one attached hydrogen (secondary N) is 3. The number of benzene rings is 2. The number of hydrazone groups is 1. The Morgan fingerprint density at radius 1 is 1.08 bits per heavy atom. The van der Waals surface area contributed by atoms with E-state index in [0.717, 1.165) is 5.56 Å². The second-order valence-electron chi connectivity index (χ2n) is 7.79. The molecular weight excluding hydrogens is 480 g/mol. The summed E-state index contributed by atoms with van der Waals surface area (Å²) in [6.07, 6.45) is 1.50. The van der Waals surface area contributed by atoms with E-state index >= 15 is 0 Å². The van der Waals surface area contributed by atoms with Gasteiger partial charge in [0.25, 0.3) is 5.91 Å². The van der Waals surface area contributed by atoms with Crippen molar-refractivity contribution < 1.29 is 33.3 Å². The lowest BCUT2D eigenvalue weighted by Gasteiger charge is -2.28. The zero-order valence-electron chi connectivity index (χ0n) is 21.1. The average molecular weight is 511 g/mol. The van der Waals surface area contributed by atoms with E-state index in [1.807, 2.05) is 25.1 Å². The third-order valence-corrected chi connectivity index (χ3v) is 5.22. The van der Waals surface area contributed by atoms with Gasteiger partial charge in [-0.3, -0.25) is 4.79 Å². The van der Waals surface area contributed by atoms with Crippen LogP contribution >= 0.6 is 0 Å². The molecule has 1 aliphatic rings. The van der Waals surface area contributed by atoms with Gasteiger partial charge in [-0.2, -0.15) is 5.10 Å². The molecule has 1 atom stereocenters. The minimum atomic E-state index is -0.755. The summed E-state index contributed by atoms with van der Waals surface area (Å²) < 4.78 is 21.6. The number of carbonyl (C=O) groups is 3. The van der Waals surface area contributed by atoms with Crippen molar-refractivity contribution in [2.75, 3.05) is 26.9 Å². The Labute approximate surface area is 214 Å². The number of rotatable bonds is 11. The topological polar surface area (TPSA) is 137 Å². The third-order valence-electron chi connectivity index (χ3n) is 5.22. The van der Waals surface area contributed by atoms with Crippen LogP contribution in [0.5, 0.6) is 17.2 Å². The summed E-state index contributed by atoms with van der Waals surface area (Å²) in [5.41, 5.74) is 4.42. The molecule has 196 valence electrons. The van der Waals surface area contributed by atoms with Crippen molar-refractivity contribution in [3.05, 3.63) is 64.9 Å². The van der Waals surface area contributed by atoms with E-state index in [9.17, 15) is 14.4 Å². The van der Waals surface area contributed by atoms with E-state index in [-0.39, 0.29) is 18.8 Å². The summed E-state index contributed by atoms with van der Waals surface area (Å²) in [5.74, 6) is 0.306. The number of carbonyl (C=O) groups excluding carboxylic acids is 3. The molecule has 3 N–H and O–H groups in total. The predicted molar refractivity (Wildman–Crippen MR) is 136 cm³/mol. The number of nitrogens with zero attached hydrogens (tertiary/aromatic N) is 1. The van der Waals surface area contributed by atoms with E-state index in [0.29, 0.717) is 35.1 Å². The molecule has 3 rings (SSSR count). The lowest BCUT2D eigenvalue weighted by molar-refractivity contribution is -0.139. The molecule has 11 heteroatoms. The standard InChI is InChI=1S/C26H30N4O7/c1-5-35-19-9-7-8-17(12-19)14-27-30-22(31)15-37-20-11-10-18(13-21(20)34-4)24-23(25(32)36-6-2)16(3)28-26(33)29-24/h7-14,24H,5-6,15H2,1-4H3,(H,30,31)(H2,28,29,33)/b27-14+/t24-/m0/s1. The molecule has 37 heavy (non-hydrogen) atoms. The Morgan fingerprint density at radius 3 is 2.62 bits per heavy atom. The number of ether oxygens (including phenoxy) is 4. The van der Waals surface area contributed by atoms with Crippen LogP contribution in [0, 0.1) is 0 Å². The Hall–Kier alpha value is -4.54. The second kappa shape index (κ2) is 13.0. The molecule has 0 unspecified atom stereocenters. The van der Waals surface area contributed by atoms with E-state index in [2.05, 4.69) is 21.2 Å². The molecule has 11 nitrogen and oxygen atoms in total. The average Bonchev–Trinajstić information content (AvgIpc) is 2.87. The minimum absolute atomic E-state index is 0.193. The SMILES string of the molecule is CCOC(=O)C1=C(C)NC(=O)N[C@H]1c1ccc(OCC(=O)N/N=C/c2cccc(OCC)c2)c(OC)c1. The van der Waals surface area contributed by atoms with Gasteiger partial charge in [-0.1, -0.05) is 18.2 Å². The van der Waals surface area contributed by atoms with Crippen LogP contribution in [0.1, 0.15) is 37.9 Å². The van der Waals surface area contributed by atoms with Gasteiger partial charge in [0, 0.05) is 5.70 Å². The van der Waals surface area contributed by atoms with Crippen molar-refractivity contribution in [1.82, 2.24) is 16.1 Å². The van der Waals surface area contributed by atoms with Gasteiger partial charge >= 0.3 is 12.0 Å². The molecule has 1 heterocycles. The number of esters is 1. The molecule has 0 saturated carbocycles. The van der Waals surface area contributed by atoms with Crippen LogP contribution in [0.2, 0.25) is 0 Å². The molecule has 0 bridgehead atoms. The summed E-state index contributed by atoms with van der Waals surface area (Å²) in [6.45, 7) is 5.65. The van der Waals surface area contributed by atoms with Gasteiger partial charge < -0.3 is 29.6 Å². The first-order valence-electron chi connectivity index (χ1n) is 11.7. The minimum Gasteiger partial charge on any atom is -0.494 e. The van der Waals surface area contributed by atoms with Crippen LogP contribution in [-0.4, -0.2) is 51.1 Å². The van der Waals surface area contributed by atoms with E-state index in [1.54, 1.807) is 38.1 Å². The number of amides is 3. The number of methoxy groups -OCH3 is 1. The summed E-state index contributed by atoms with van der Waals surface area (Å²) in [4.78, 5) is 36.8.